The molecule has 1 aromatic carbocycles. The van der Waals surface area contributed by atoms with E-state index in [1.165, 1.54) is 40.9 Å². The monoisotopic (exact) mass is 364 g/mol. The Bertz CT molecular complexity index is 933. The average Bonchev–Trinajstić information content (AvgIpc) is 3.07. The molecule has 0 atom stereocenters. The third-order valence-electron chi connectivity index (χ3n) is 3.28. The Morgan fingerprint density at radius 2 is 2.04 bits per heavy atom. The van der Waals surface area contributed by atoms with E-state index in [4.69, 9.17) is 4.74 Å². The number of nitrogens with zero attached hydrogens (tertiary/aromatic N) is 1. The number of nitrogens with one attached hydrogen (secondary N) is 1. The summed E-state index contributed by atoms with van der Waals surface area (Å²) in [7, 11) is 0. The lowest BCUT2D eigenvalue weighted by Crippen LogP contribution is -2.13. The van der Waals surface area contributed by atoms with Crippen molar-refractivity contribution in [2.75, 3.05) is 11.9 Å². The summed E-state index contributed by atoms with van der Waals surface area (Å²) in [5, 5.41) is 2.96. The second-order valence-electron chi connectivity index (χ2n) is 4.86. The summed E-state index contributed by atoms with van der Waals surface area (Å²) in [4.78, 5) is 29.5. The van der Waals surface area contributed by atoms with Crippen molar-refractivity contribution >= 4 is 49.2 Å². The minimum Gasteiger partial charge on any atom is -0.462 e. The summed E-state index contributed by atoms with van der Waals surface area (Å²) in [5.74, 6) is -1.52. The lowest BCUT2D eigenvalue weighted by Gasteiger charge is -2.02. The fourth-order valence-electron chi connectivity index (χ4n) is 2.14. The van der Waals surface area contributed by atoms with Crippen molar-refractivity contribution in [2.24, 2.45) is 0 Å². The number of fused-ring (bicyclic) bond motifs is 1. The molecule has 5 nitrogen and oxygen atoms in total. The topological polar surface area (TPSA) is 68.3 Å². The average molecular weight is 364 g/mol. The number of halogens is 1. The molecule has 0 aliphatic heterocycles. The minimum absolute atomic E-state index is 0.0417. The van der Waals surface area contributed by atoms with Gasteiger partial charge in [0.15, 0.2) is 5.13 Å². The Morgan fingerprint density at radius 1 is 1.29 bits per heavy atom. The van der Waals surface area contributed by atoms with Crippen LogP contribution in [0.15, 0.2) is 24.3 Å². The zero-order chi connectivity index (χ0) is 17.3. The van der Waals surface area contributed by atoms with Gasteiger partial charge >= 0.3 is 5.97 Å². The van der Waals surface area contributed by atoms with Gasteiger partial charge in [0.2, 0.25) is 0 Å². The zero-order valence-corrected chi connectivity index (χ0v) is 14.5. The van der Waals surface area contributed by atoms with Gasteiger partial charge in [0, 0.05) is 0 Å². The van der Waals surface area contributed by atoms with E-state index in [2.05, 4.69) is 10.3 Å². The van der Waals surface area contributed by atoms with Crippen LogP contribution >= 0.6 is 22.7 Å². The Labute approximate surface area is 145 Å². The van der Waals surface area contributed by atoms with Crippen molar-refractivity contribution in [3.8, 4) is 0 Å². The molecule has 8 heteroatoms. The maximum absolute atomic E-state index is 13.6. The van der Waals surface area contributed by atoms with Crippen LogP contribution in [0.3, 0.4) is 0 Å². The van der Waals surface area contributed by atoms with Crippen LogP contribution < -0.4 is 5.32 Å². The summed E-state index contributed by atoms with van der Waals surface area (Å²) < 4.78 is 19.5. The second kappa shape index (κ2) is 6.66. The van der Waals surface area contributed by atoms with Gasteiger partial charge in [-0.2, -0.15) is 0 Å². The quantitative estimate of drug-likeness (QED) is 0.703. The molecule has 0 aliphatic rings. The van der Waals surface area contributed by atoms with E-state index in [1.54, 1.807) is 13.0 Å². The number of amides is 1. The van der Waals surface area contributed by atoms with E-state index in [-0.39, 0.29) is 11.5 Å². The number of aryl methyl sites for hydroxylation is 1. The molecule has 24 heavy (non-hydrogen) atoms. The van der Waals surface area contributed by atoms with E-state index in [0.717, 1.165) is 10.3 Å². The molecule has 0 saturated heterocycles. The number of esters is 1. The molecule has 0 fully saturated rings. The standard InChI is InChI=1S/C16H13FN2O3S2/c1-3-22-15(21)12-8(2)11-14(23-12)19-16(24-11)18-13(20)9-6-4-5-7-10(9)17/h4-7H,3H2,1-2H3,(H,18,19,20). The van der Waals surface area contributed by atoms with E-state index in [9.17, 15) is 14.0 Å². The number of carbonyl (C=O) groups is 2. The number of thiophene rings is 1. The summed E-state index contributed by atoms with van der Waals surface area (Å²) in [6.45, 7) is 3.87. The Morgan fingerprint density at radius 3 is 2.71 bits per heavy atom. The number of hydrogen-bond acceptors (Lipinski definition) is 6. The van der Waals surface area contributed by atoms with Crippen molar-refractivity contribution in [3.63, 3.8) is 0 Å². The van der Waals surface area contributed by atoms with Gasteiger partial charge in [0.25, 0.3) is 5.91 Å². The molecule has 3 rings (SSSR count). The number of benzene rings is 1. The van der Waals surface area contributed by atoms with Crippen molar-refractivity contribution in [1.29, 1.82) is 0 Å². The van der Waals surface area contributed by atoms with Gasteiger partial charge in [-0.3, -0.25) is 10.1 Å². The predicted molar refractivity (Wildman–Crippen MR) is 92.5 cm³/mol. The molecule has 0 unspecified atom stereocenters. The number of thiazole rings is 1. The summed E-state index contributed by atoms with van der Waals surface area (Å²) in [5.41, 5.74) is 0.734. The predicted octanol–water partition coefficient (Wildman–Crippen LogP) is 4.23. The highest BCUT2D eigenvalue weighted by molar-refractivity contribution is 7.30. The lowest BCUT2D eigenvalue weighted by atomic mass is 10.2. The molecule has 0 aliphatic carbocycles. The molecular weight excluding hydrogens is 351 g/mol. The van der Waals surface area contributed by atoms with Crippen LogP contribution in [0.2, 0.25) is 0 Å². The molecule has 124 valence electrons. The first-order valence-electron chi connectivity index (χ1n) is 7.14. The normalized spacial score (nSPS) is 10.8. The van der Waals surface area contributed by atoms with Crippen molar-refractivity contribution in [2.45, 2.75) is 13.8 Å². The van der Waals surface area contributed by atoms with Gasteiger partial charge < -0.3 is 4.74 Å². The van der Waals surface area contributed by atoms with Crippen LogP contribution in [0.4, 0.5) is 9.52 Å². The van der Waals surface area contributed by atoms with Crippen molar-refractivity contribution in [1.82, 2.24) is 4.98 Å². The Balaban J connectivity index is 1.86. The minimum atomic E-state index is -0.589. The molecule has 0 spiro atoms. The van der Waals surface area contributed by atoms with Gasteiger partial charge in [-0.15, -0.1) is 11.3 Å². The van der Waals surface area contributed by atoms with Crippen LogP contribution in [0.1, 0.15) is 32.5 Å². The van der Waals surface area contributed by atoms with Gasteiger partial charge in [-0.1, -0.05) is 23.5 Å². The highest BCUT2D eigenvalue weighted by atomic mass is 32.1. The van der Waals surface area contributed by atoms with Crippen LogP contribution in [0, 0.1) is 12.7 Å². The third kappa shape index (κ3) is 3.02. The van der Waals surface area contributed by atoms with E-state index < -0.39 is 11.7 Å². The molecule has 2 heterocycles. The fraction of sp³-hybridized carbons (Fsp3) is 0.188. The molecule has 0 saturated carbocycles. The van der Waals surface area contributed by atoms with Crippen LogP contribution in [-0.4, -0.2) is 23.5 Å². The number of aromatic nitrogens is 1. The highest BCUT2D eigenvalue weighted by Crippen LogP contribution is 2.37. The molecule has 3 aromatic rings. The van der Waals surface area contributed by atoms with E-state index in [1.807, 2.05) is 6.92 Å². The zero-order valence-electron chi connectivity index (χ0n) is 12.9. The smallest absolute Gasteiger partial charge is 0.348 e. The first kappa shape index (κ1) is 16.5. The molecule has 1 N–H and O–H groups in total. The van der Waals surface area contributed by atoms with Crippen LogP contribution in [0.25, 0.3) is 9.53 Å². The first-order valence-corrected chi connectivity index (χ1v) is 8.77. The number of anilines is 1. The third-order valence-corrected chi connectivity index (χ3v) is 5.66. The van der Waals surface area contributed by atoms with Gasteiger partial charge in [0.1, 0.15) is 15.5 Å². The second-order valence-corrected chi connectivity index (χ2v) is 6.86. The van der Waals surface area contributed by atoms with Crippen molar-refractivity contribution in [3.05, 3.63) is 46.1 Å². The summed E-state index contributed by atoms with van der Waals surface area (Å²) >= 11 is 2.46. The van der Waals surface area contributed by atoms with E-state index in [0.29, 0.717) is 21.4 Å². The summed E-state index contributed by atoms with van der Waals surface area (Å²) in [6, 6.07) is 5.75. The first-order chi connectivity index (χ1) is 11.5. The SMILES string of the molecule is CCOC(=O)c1sc2nc(NC(=O)c3ccccc3F)sc2c1C. The molecule has 0 bridgehead atoms. The van der Waals surface area contributed by atoms with Gasteiger partial charge in [-0.05, 0) is 31.5 Å². The Hall–Kier alpha value is -2.32. The molecule has 0 radical (unpaired) electrons. The Kier molecular flexibility index (Phi) is 4.59. The lowest BCUT2D eigenvalue weighted by molar-refractivity contribution is 0.0531. The fourth-order valence-corrected chi connectivity index (χ4v) is 4.35. The number of carbonyl (C=O) groups excluding carboxylic acids is 2. The maximum atomic E-state index is 13.6. The maximum Gasteiger partial charge on any atom is 0.348 e. The number of ether oxygens (including phenoxy) is 1. The molecule has 1 amide bonds. The van der Waals surface area contributed by atoms with Crippen LogP contribution in [-0.2, 0) is 4.74 Å². The van der Waals surface area contributed by atoms with Crippen molar-refractivity contribution < 1.29 is 18.7 Å². The molecule has 2 aromatic heterocycles. The summed E-state index contributed by atoms with van der Waals surface area (Å²) in [6.07, 6.45) is 0. The number of hydrogen-bond donors (Lipinski definition) is 1. The highest BCUT2D eigenvalue weighted by Gasteiger charge is 2.21. The van der Waals surface area contributed by atoms with Gasteiger partial charge in [-0.25, -0.2) is 14.2 Å². The number of rotatable bonds is 4. The van der Waals surface area contributed by atoms with Crippen LogP contribution in [0.5, 0.6) is 0 Å². The largest absolute Gasteiger partial charge is 0.462 e. The van der Waals surface area contributed by atoms with E-state index >= 15 is 0 Å². The molecular formula is C16H13FN2O3S2. The van der Waals surface area contributed by atoms with Gasteiger partial charge in [0.05, 0.1) is 16.9 Å².